The molecule has 1 amide bonds. The van der Waals surface area contributed by atoms with Gasteiger partial charge in [-0.15, -0.1) is 0 Å². The summed E-state index contributed by atoms with van der Waals surface area (Å²) in [7, 11) is 1.82. The first-order valence-electron chi connectivity index (χ1n) is 11.0. The topological polar surface area (TPSA) is 88.5 Å². The maximum Gasteiger partial charge on any atom is 0.276 e. The number of carbonyl (C=O) groups excluding carboxylic acids is 1. The number of H-pyrrole nitrogens is 1. The molecule has 2 N–H and O–H groups in total. The molecule has 0 unspecified atom stereocenters. The second kappa shape index (κ2) is 9.15. The predicted molar refractivity (Wildman–Crippen MR) is 134 cm³/mol. The first kappa shape index (κ1) is 21.3. The Hall–Kier alpha value is -4.52. The fraction of sp³-hybridized carbons (Fsp3) is 0.111. The van der Waals surface area contributed by atoms with Gasteiger partial charge in [0.25, 0.3) is 5.91 Å². The Balaban J connectivity index is 1.30. The van der Waals surface area contributed by atoms with E-state index >= 15 is 0 Å². The highest BCUT2D eigenvalue weighted by Gasteiger charge is 2.12. The van der Waals surface area contributed by atoms with E-state index in [4.69, 9.17) is 0 Å². The zero-order valence-electron chi connectivity index (χ0n) is 19.0. The molecule has 0 aliphatic heterocycles. The lowest BCUT2D eigenvalue weighted by atomic mass is 10.0. The fourth-order valence-corrected chi connectivity index (χ4v) is 3.83. The molecule has 5 aromatic rings. The molecule has 7 nitrogen and oxygen atoms in total. The Morgan fingerprint density at radius 2 is 1.91 bits per heavy atom. The number of aryl methyl sites for hydroxylation is 2. The highest BCUT2D eigenvalue weighted by atomic mass is 16.1. The van der Waals surface area contributed by atoms with Gasteiger partial charge in [-0.1, -0.05) is 30.3 Å². The van der Waals surface area contributed by atoms with Crippen LogP contribution in [0, 0.1) is 6.92 Å². The SMILES string of the molecule is Cc1cc(C(=O)Nc2cccc(Cc3ccc4c(/C=C/c5ccccn5)n[nH]c4c3)c2)nn1C. The highest BCUT2D eigenvalue weighted by Crippen LogP contribution is 2.22. The largest absolute Gasteiger partial charge is 0.321 e. The van der Waals surface area contributed by atoms with Crippen LogP contribution in [0.4, 0.5) is 5.69 Å². The number of nitrogens with one attached hydrogen (secondary N) is 2. The Morgan fingerprint density at radius 3 is 2.71 bits per heavy atom. The summed E-state index contributed by atoms with van der Waals surface area (Å²) in [4.78, 5) is 16.8. The molecule has 0 fully saturated rings. The third-order valence-electron chi connectivity index (χ3n) is 5.70. The molecule has 168 valence electrons. The van der Waals surface area contributed by atoms with Crippen LogP contribution in [0.2, 0.25) is 0 Å². The van der Waals surface area contributed by atoms with Crippen LogP contribution in [0.1, 0.15) is 38.7 Å². The Kier molecular flexibility index (Phi) is 5.74. The second-order valence-corrected chi connectivity index (χ2v) is 8.20. The van der Waals surface area contributed by atoms with Gasteiger partial charge < -0.3 is 5.32 Å². The fourth-order valence-electron chi connectivity index (χ4n) is 3.83. The van der Waals surface area contributed by atoms with Crippen molar-refractivity contribution < 1.29 is 4.79 Å². The molecule has 0 saturated heterocycles. The standard InChI is InChI=1S/C27H24N6O/c1-18-14-26(32-33(18)2)27(34)29-22-8-5-6-19(16-22)15-20-9-11-23-24(30-31-25(23)17-20)12-10-21-7-3-4-13-28-21/h3-14,16-17H,15H2,1-2H3,(H,29,34)(H,30,31)/b12-10+. The number of aromatic amines is 1. The zero-order valence-corrected chi connectivity index (χ0v) is 19.0. The van der Waals surface area contributed by atoms with Gasteiger partial charge in [0.05, 0.1) is 16.9 Å². The number of benzene rings is 2. The van der Waals surface area contributed by atoms with Gasteiger partial charge in [0.2, 0.25) is 0 Å². The van der Waals surface area contributed by atoms with Crippen molar-refractivity contribution in [3.63, 3.8) is 0 Å². The number of aromatic nitrogens is 5. The minimum Gasteiger partial charge on any atom is -0.321 e. The van der Waals surface area contributed by atoms with Crippen molar-refractivity contribution in [2.45, 2.75) is 13.3 Å². The van der Waals surface area contributed by atoms with Crippen LogP contribution in [0.5, 0.6) is 0 Å². The molecular formula is C27H24N6O. The molecule has 2 aromatic carbocycles. The van der Waals surface area contributed by atoms with Crippen LogP contribution in [-0.2, 0) is 13.5 Å². The van der Waals surface area contributed by atoms with E-state index < -0.39 is 0 Å². The number of pyridine rings is 1. The number of nitrogens with zero attached hydrogens (tertiary/aromatic N) is 4. The Bertz CT molecular complexity index is 1480. The average Bonchev–Trinajstić information content (AvgIpc) is 3.41. The van der Waals surface area contributed by atoms with Gasteiger partial charge in [-0.3, -0.25) is 19.6 Å². The van der Waals surface area contributed by atoms with E-state index in [1.165, 1.54) is 0 Å². The van der Waals surface area contributed by atoms with Gasteiger partial charge in [0.15, 0.2) is 5.69 Å². The van der Waals surface area contributed by atoms with Crippen molar-refractivity contribution in [3.05, 3.63) is 107 Å². The third-order valence-corrected chi connectivity index (χ3v) is 5.70. The summed E-state index contributed by atoms with van der Waals surface area (Å²) in [5, 5.41) is 15.8. The monoisotopic (exact) mass is 448 g/mol. The van der Waals surface area contributed by atoms with Gasteiger partial charge in [-0.25, -0.2) is 0 Å². The van der Waals surface area contributed by atoms with Crippen LogP contribution in [0.25, 0.3) is 23.1 Å². The number of rotatable bonds is 6. The van der Waals surface area contributed by atoms with E-state index in [0.717, 1.165) is 51.2 Å². The molecular weight excluding hydrogens is 424 g/mol. The number of hydrogen-bond acceptors (Lipinski definition) is 4. The van der Waals surface area contributed by atoms with Crippen molar-refractivity contribution in [1.82, 2.24) is 25.0 Å². The van der Waals surface area contributed by atoms with Gasteiger partial charge in [-0.05, 0) is 73.0 Å². The number of amides is 1. The maximum atomic E-state index is 12.5. The number of fused-ring (bicyclic) bond motifs is 1. The van der Waals surface area contributed by atoms with Crippen LogP contribution in [-0.4, -0.2) is 30.9 Å². The molecule has 0 radical (unpaired) electrons. The first-order chi connectivity index (χ1) is 16.5. The molecule has 5 rings (SSSR count). The lowest BCUT2D eigenvalue weighted by Gasteiger charge is -2.07. The van der Waals surface area contributed by atoms with Gasteiger partial charge in [0.1, 0.15) is 0 Å². The summed E-state index contributed by atoms with van der Waals surface area (Å²) < 4.78 is 1.69. The minimum atomic E-state index is -0.217. The number of hydrogen-bond donors (Lipinski definition) is 2. The van der Waals surface area contributed by atoms with Crippen molar-refractivity contribution >= 4 is 34.6 Å². The Labute approximate surface area is 197 Å². The summed E-state index contributed by atoms with van der Waals surface area (Å²) in [5.41, 5.74) is 7.08. The number of anilines is 1. The molecule has 0 aliphatic rings. The smallest absolute Gasteiger partial charge is 0.276 e. The van der Waals surface area contributed by atoms with E-state index in [2.05, 4.69) is 49.9 Å². The van der Waals surface area contributed by atoms with Crippen molar-refractivity contribution in [1.29, 1.82) is 0 Å². The summed E-state index contributed by atoms with van der Waals surface area (Å²) in [5.74, 6) is -0.217. The summed E-state index contributed by atoms with van der Waals surface area (Å²) in [6.45, 7) is 1.92. The van der Waals surface area contributed by atoms with Crippen LogP contribution in [0.15, 0.2) is 72.9 Å². The minimum absolute atomic E-state index is 0.217. The second-order valence-electron chi connectivity index (χ2n) is 8.20. The third kappa shape index (κ3) is 4.63. The highest BCUT2D eigenvalue weighted by molar-refractivity contribution is 6.03. The van der Waals surface area contributed by atoms with Crippen LogP contribution >= 0.6 is 0 Å². The molecule has 34 heavy (non-hydrogen) atoms. The zero-order chi connectivity index (χ0) is 23.5. The maximum absolute atomic E-state index is 12.5. The van der Waals surface area contributed by atoms with Gasteiger partial charge in [0, 0.05) is 30.0 Å². The van der Waals surface area contributed by atoms with Crippen LogP contribution in [0.3, 0.4) is 0 Å². The summed E-state index contributed by atoms with van der Waals surface area (Å²) >= 11 is 0. The van der Waals surface area contributed by atoms with Crippen molar-refractivity contribution in [3.8, 4) is 0 Å². The van der Waals surface area contributed by atoms with E-state index in [-0.39, 0.29) is 5.91 Å². The number of carbonyl (C=O) groups is 1. The van der Waals surface area contributed by atoms with Crippen LogP contribution < -0.4 is 5.32 Å². The quantitative estimate of drug-likeness (QED) is 0.382. The molecule has 0 saturated carbocycles. The first-order valence-corrected chi connectivity index (χ1v) is 11.0. The predicted octanol–water partition coefficient (Wildman–Crippen LogP) is 5.01. The molecule has 0 atom stereocenters. The van der Waals surface area contributed by atoms with Crippen molar-refractivity contribution in [2.24, 2.45) is 7.05 Å². The molecule has 0 bridgehead atoms. The molecule has 0 aliphatic carbocycles. The van der Waals surface area contributed by atoms with Gasteiger partial charge in [-0.2, -0.15) is 10.2 Å². The lowest BCUT2D eigenvalue weighted by Crippen LogP contribution is -2.13. The van der Waals surface area contributed by atoms with Gasteiger partial charge >= 0.3 is 0 Å². The summed E-state index contributed by atoms with van der Waals surface area (Å²) in [6, 6.07) is 21.8. The Morgan fingerprint density at radius 1 is 1.03 bits per heavy atom. The van der Waals surface area contributed by atoms with E-state index in [1.807, 2.05) is 62.5 Å². The summed E-state index contributed by atoms with van der Waals surface area (Å²) in [6.07, 6.45) is 6.43. The molecule has 3 aromatic heterocycles. The normalized spacial score (nSPS) is 11.4. The average molecular weight is 449 g/mol. The molecule has 0 spiro atoms. The molecule has 7 heteroatoms. The van der Waals surface area contributed by atoms with E-state index in [0.29, 0.717) is 5.69 Å². The molecule has 3 heterocycles. The lowest BCUT2D eigenvalue weighted by molar-refractivity contribution is 0.102. The van der Waals surface area contributed by atoms with E-state index in [9.17, 15) is 4.79 Å². The van der Waals surface area contributed by atoms with Crippen molar-refractivity contribution in [2.75, 3.05) is 5.32 Å². The van der Waals surface area contributed by atoms with E-state index in [1.54, 1.807) is 16.9 Å².